The van der Waals surface area contributed by atoms with Gasteiger partial charge in [-0.25, -0.2) is 0 Å². The molecule has 0 unspecified atom stereocenters. The molecule has 0 aliphatic carbocycles. The number of esters is 1. The molecule has 0 radical (unpaired) electrons. The third-order valence-electron chi connectivity index (χ3n) is 3.43. The van der Waals surface area contributed by atoms with Gasteiger partial charge in [0.1, 0.15) is 5.92 Å². The predicted octanol–water partition coefficient (Wildman–Crippen LogP) is 2.44. The van der Waals surface area contributed by atoms with Crippen LogP contribution in [0, 0.1) is 17.2 Å². The van der Waals surface area contributed by atoms with E-state index in [0.717, 1.165) is 0 Å². The second-order valence-electron chi connectivity index (χ2n) is 4.55. The van der Waals surface area contributed by atoms with E-state index in [9.17, 15) is 14.9 Å². The number of carbonyl (C=O) groups excluding carboxylic acids is 2. The largest absolute Gasteiger partial charge is 0.468 e. The fourth-order valence-corrected chi connectivity index (χ4v) is 3.28. The first-order valence-electron chi connectivity index (χ1n) is 6.36. The molecule has 0 aromatic heterocycles. The SMILES string of the molecule is COC(=O)[C@@H]1C(=O)NC(SC)=C(C#N)[C@@H]1c1ccccc1Cl. The fourth-order valence-electron chi connectivity index (χ4n) is 2.43. The smallest absolute Gasteiger partial charge is 0.319 e. The van der Waals surface area contributed by atoms with Gasteiger partial charge in [-0.05, 0) is 17.9 Å². The Hall–Kier alpha value is -1.97. The molecule has 114 valence electrons. The highest BCUT2D eigenvalue weighted by Gasteiger charge is 2.44. The molecule has 1 N–H and O–H groups in total. The maximum absolute atomic E-state index is 12.3. The Bertz CT molecular complexity index is 696. The summed E-state index contributed by atoms with van der Waals surface area (Å²) in [6, 6.07) is 8.94. The Morgan fingerprint density at radius 1 is 1.45 bits per heavy atom. The van der Waals surface area contributed by atoms with Gasteiger partial charge in [-0.3, -0.25) is 9.59 Å². The van der Waals surface area contributed by atoms with E-state index in [1.807, 2.05) is 0 Å². The second kappa shape index (κ2) is 6.86. The molecule has 7 heteroatoms. The van der Waals surface area contributed by atoms with Crippen LogP contribution in [-0.4, -0.2) is 25.2 Å². The number of rotatable bonds is 3. The first-order valence-corrected chi connectivity index (χ1v) is 7.96. The van der Waals surface area contributed by atoms with Crippen LogP contribution in [0.1, 0.15) is 11.5 Å². The molecule has 1 heterocycles. The molecule has 1 aliphatic heterocycles. The normalized spacial score (nSPS) is 21.1. The van der Waals surface area contributed by atoms with E-state index in [4.69, 9.17) is 16.3 Å². The van der Waals surface area contributed by atoms with Crippen molar-refractivity contribution in [3.8, 4) is 6.07 Å². The van der Waals surface area contributed by atoms with Crippen molar-refractivity contribution in [2.24, 2.45) is 5.92 Å². The number of hydrogen-bond acceptors (Lipinski definition) is 5. The molecule has 0 saturated carbocycles. The number of carbonyl (C=O) groups is 2. The highest BCUT2D eigenvalue weighted by atomic mass is 35.5. The van der Waals surface area contributed by atoms with Gasteiger partial charge in [0.15, 0.2) is 0 Å². The standard InChI is InChI=1S/C15H13ClN2O3S/c1-21-15(20)12-11(8-5-3-4-6-10(8)16)9(7-17)14(22-2)18-13(12)19/h3-6,11-12H,1-2H3,(H,18,19)/t11-,12-/m0/s1. The van der Waals surface area contributed by atoms with Crippen molar-refractivity contribution in [2.75, 3.05) is 13.4 Å². The zero-order chi connectivity index (χ0) is 16.3. The zero-order valence-corrected chi connectivity index (χ0v) is 13.5. The average molecular weight is 337 g/mol. The summed E-state index contributed by atoms with van der Waals surface area (Å²) in [5, 5.41) is 12.9. The quantitative estimate of drug-likeness (QED) is 0.677. The van der Waals surface area contributed by atoms with Gasteiger partial charge in [-0.2, -0.15) is 5.26 Å². The number of halogens is 1. The van der Waals surface area contributed by atoms with Crippen LogP contribution in [0.4, 0.5) is 0 Å². The van der Waals surface area contributed by atoms with Gasteiger partial charge < -0.3 is 10.1 Å². The number of benzene rings is 1. The monoisotopic (exact) mass is 336 g/mol. The lowest BCUT2D eigenvalue weighted by Crippen LogP contribution is -2.44. The molecule has 2 atom stereocenters. The zero-order valence-electron chi connectivity index (χ0n) is 11.9. The van der Waals surface area contributed by atoms with E-state index in [1.165, 1.54) is 18.9 Å². The van der Waals surface area contributed by atoms with Gasteiger partial charge in [0, 0.05) is 10.9 Å². The maximum Gasteiger partial charge on any atom is 0.319 e. The van der Waals surface area contributed by atoms with Gasteiger partial charge in [-0.1, -0.05) is 29.8 Å². The van der Waals surface area contributed by atoms with Crippen LogP contribution in [-0.2, 0) is 14.3 Å². The van der Waals surface area contributed by atoms with Crippen molar-refractivity contribution in [3.05, 3.63) is 45.5 Å². The Balaban J connectivity index is 2.69. The minimum Gasteiger partial charge on any atom is -0.468 e. The van der Waals surface area contributed by atoms with Crippen molar-refractivity contribution in [2.45, 2.75) is 5.92 Å². The third kappa shape index (κ3) is 2.82. The summed E-state index contributed by atoms with van der Waals surface area (Å²) < 4.78 is 4.73. The Labute approximate surface area is 137 Å². The number of nitrogens with one attached hydrogen (secondary N) is 1. The Morgan fingerprint density at radius 3 is 2.68 bits per heavy atom. The topological polar surface area (TPSA) is 79.2 Å². The molecule has 0 spiro atoms. The van der Waals surface area contributed by atoms with E-state index >= 15 is 0 Å². The van der Waals surface area contributed by atoms with Crippen molar-refractivity contribution in [1.82, 2.24) is 5.32 Å². The molecule has 0 bridgehead atoms. The highest BCUT2D eigenvalue weighted by molar-refractivity contribution is 8.02. The second-order valence-corrected chi connectivity index (χ2v) is 5.77. The molecular weight excluding hydrogens is 324 g/mol. The van der Waals surface area contributed by atoms with Crippen LogP contribution in [0.5, 0.6) is 0 Å². The molecule has 5 nitrogen and oxygen atoms in total. The average Bonchev–Trinajstić information content (AvgIpc) is 2.53. The van der Waals surface area contributed by atoms with Crippen molar-refractivity contribution >= 4 is 35.2 Å². The predicted molar refractivity (Wildman–Crippen MR) is 84.0 cm³/mol. The molecule has 0 saturated heterocycles. The third-order valence-corrected chi connectivity index (χ3v) is 4.50. The molecule has 0 fully saturated rings. The molecule has 1 aromatic carbocycles. The lowest BCUT2D eigenvalue weighted by molar-refractivity contribution is -0.150. The molecule has 1 aliphatic rings. The maximum atomic E-state index is 12.3. The van der Waals surface area contributed by atoms with E-state index in [0.29, 0.717) is 21.2 Å². The van der Waals surface area contributed by atoms with Crippen molar-refractivity contribution in [1.29, 1.82) is 5.26 Å². The summed E-state index contributed by atoms with van der Waals surface area (Å²) in [5.74, 6) is -3.10. The van der Waals surface area contributed by atoms with Crippen LogP contribution in [0.15, 0.2) is 34.9 Å². The van der Waals surface area contributed by atoms with Crippen LogP contribution >= 0.6 is 23.4 Å². The summed E-state index contributed by atoms with van der Waals surface area (Å²) >= 11 is 7.45. The van der Waals surface area contributed by atoms with Crippen molar-refractivity contribution in [3.63, 3.8) is 0 Å². The summed E-state index contributed by atoms with van der Waals surface area (Å²) in [7, 11) is 1.21. The summed E-state index contributed by atoms with van der Waals surface area (Å²) in [6.07, 6.45) is 1.75. The van der Waals surface area contributed by atoms with E-state index < -0.39 is 23.7 Å². The van der Waals surface area contributed by atoms with Gasteiger partial charge in [0.25, 0.3) is 0 Å². The number of amides is 1. The first-order chi connectivity index (χ1) is 10.5. The fraction of sp³-hybridized carbons (Fsp3) is 0.267. The van der Waals surface area contributed by atoms with Crippen LogP contribution in [0.2, 0.25) is 5.02 Å². The van der Waals surface area contributed by atoms with Crippen molar-refractivity contribution < 1.29 is 14.3 Å². The number of methoxy groups -OCH3 is 1. The number of nitriles is 1. The summed E-state index contributed by atoms with van der Waals surface area (Å²) in [4.78, 5) is 24.4. The minimum atomic E-state index is -1.14. The van der Waals surface area contributed by atoms with Gasteiger partial charge in [0.05, 0.1) is 23.8 Å². The van der Waals surface area contributed by atoms with E-state index in [2.05, 4.69) is 11.4 Å². The van der Waals surface area contributed by atoms with E-state index in [-0.39, 0.29) is 0 Å². The molecular formula is C15H13ClN2O3S. The molecule has 1 amide bonds. The first kappa shape index (κ1) is 16.4. The summed E-state index contributed by atoms with van der Waals surface area (Å²) in [6.45, 7) is 0. The number of ether oxygens (including phenoxy) is 1. The van der Waals surface area contributed by atoms with E-state index in [1.54, 1.807) is 30.5 Å². The lowest BCUT2D eigenvalue weighted by Gasteiger charge is -2.31. The lowest BCUT2D eigenvalue weighted by atomic mass is 9.78. The van der Waals surface area contributed by atoms with Crippen LogP contribution in [0.25, 0.3) is 0 Å². The van der Waals surface area contributed by atoms with Gasteiger partial charge >= 0.3 is 5.97 Å². The number of hydrogen-bond donors (Lipinski definition) is 1. The summed E-state index contributed by atoms with van der Waals surface area (Å²) in [5.41, 5.74) is 0.855. The molecule has 22 heavy (non-hydrogen) atoms. The van der Waals surface area contributed by atoms with Crippen LogP contribution < -0.4 is 5.32 Å². The van der Waals surface area contributed by atoms with Gasteiger partial charge in [0.2, 0.25) is 5.91 Å². The molecule has 2 rings (SSSR count). The van der Waals surface area contributed by atoms with Crippen LogP contribution in [0.3, 0.4) is 0 Å². The highest BCUT2D eigenvalue weighted by Crippen LogP contribution is 2.41. The Kier molecular flexibility index (Phi) is 5.11. The number of nitrogens with zero attached hydrogens (tertiary/aromatic N) is 1. The molecule has 1 aromatic rings. The number of thioether (sulfide) groups is 1. The van der Waals surface area contributed by atoms with Gasteiger partial charge in [-0.15, -0.1) is 11.8 Å². The number of allylic oxidation sites excluding steroid dienone is 1. The minimum absolute atomic E-state index is 0.301. The Morgan fingerprint density at radius 2 is 2.14 bits per heavy atom.